The standard InChI is InChI=1S/C14H19N3O/c1-4-8-17-13(9-18)15-16-14(17)12-7-5-6-10(2)11(12)3/h5-7,18H,4,8-9H2,1-3H3. The van der Waals surface area contributed by atoms with E-state index in [1.807, 2.05) is 10.6 Å². The number of aromatic nitrogens is 3. The zero-order valence-corrected chi connectivity index (χ0v) is 11.1. The number of aryl methyl sites for hydroxylation is 1. The molecule has 0 spiro atoms. The van der Waals surface area contributed by atoms with Crippen LogP contribution in [0.1, 0.15) is 30.3 Å². The average molecular weight is 245 g/mol. The van der Waals surface area contributed by atoms with Gasteiger partial charge in [-0.15, -0.1) is 10.2 Å². The first kappa shape index (κ1) is 12.8. The lowest BCUT2D eigenvalue weighted by Crippen LogP contribution is -2.06. The summed E-state index contributed by atoms with van der Waals surface area (Å²) in [6.45, 7) is 7.04. The van der Waals surface area contributed by atoms with E-state index in [2.05, 4.69) is 43.1 Å². The van der Waals surface area contributed by atoms with Gasteiger partial charge in [0.25, 0.3) is 0 Å². The van der Waals surface area contributed by atoms with E-state index in [1.54, 1.807) is 0 Å². The molecule has 0 fully saturated rings. The number of nitrogens with zero attached hydrogens (tertiary/aromatic N) is 3. The van der Waals surface area contributed by atoms with Gasteiger partial charge in [-0.2, -0.15) is 0 Å². The largest absolute Gasteiger partial charge is 0.388 e. The van der Waals surface area contributed by atoms with Gasteiger partial charge in [0.2, 0.25) is 0 Å². The Balaban J connectivity index is 2.56. The quantitative estimate of drug-likeness (QED) is 0.900. The number of aliphatic hydroxyl groups excluding tert-OH is 1. The minimum atomic E-state index is -0.0716. The molecular weight excluding hydrogens is 226 g/mol. The molecule has 2 rings (SSSR count). The van der Waals surface area contributed by atoms with Crippen LogP contribution in [0.15, 0.2) is 18.2 Å². The fourth-order valence-corrected chi connectivity index (χ4v) is 2.10. The zero-order chi connectivity index (χ0) is 13.1. The molecule has 0 saturated heterocycles. The molecule has 4 heteroatoms. The van der Waals surface area contributed by atoms with E-state index < -0.39 is 0 Å². The van der Waals surface area contributed by atoms with E-state index in [-0.39, 0.29) is 6.61 Å². The molecule has 96 valence electrons. The van der Waals surface area contributed by atoms with Gasteiger partial charge in [-0.05, 0) is 31.4 Å². The number of benzene rings is 1. The van der Waals surface area contributed by atoms with Gasteiger partial charge in [0, 0.05) is 12.1 Å². The molecule has 0 amide bonds. The predicted octanol–water partition coefficient (Wildman–Crippen LogP) is 2.46. The first-order valence-corrected chi connectivity index (χ1v) is 6.28. The van der Waals surface area contributed by atoms with Gasteiger partial charge in [0.15, 0.2) is 11.6 Å². The molecule has 1 aromatic carbocycles. The molecule has 0 radical (unpaired) electrons. The molecule has 0 aliphatic carbocycles. The van der Waals surface area contributed by atoms with Crippen LogP contribution >= 0.6 is 0 Å². The zero-order valence-electron chi connectivity index (χ0n) is 11.1. The lowest BCUT2D eigenvalue weighted by molar-refractivity contribution is 0.264. The average Bonchev–Trinajstić information content (AvgIpc) is 2.76. The number of hydrogen-bond donors (Lipinski definition) is 1. The summed E-state index contributed by atoms with van der Waals surface area (Å²) in [6, 6.07) is 6.17. The van der Waals surface area contributed by atoms with Crippen molar-refractivity contribution in [3.63, 3.8) is 0 Å². The second kappa shape index (κ2) is 5.31. The molecule has 0 atom stereocenters. The molecule has 0 unspecified atom stereocenters. The Hall–Kier alpha value is -1.68. The summed E-state index contributed by atoms with van der Waals surface area (Å²) in [5.41, 5.74) is 3.55. The summed E-state index contributed by atoms with van der Waals surface area (Å²) < 4.78 is 2.00. The summed E-state index contributed by atoms with van der Waals surface area (Å²) in [6.07, 6.45) is 0.989. The lowest BCUT2D eigenvalue weighted by atomic mass is 10.0. The molecule has 0 saturated carbocycles. The monoisotopic (exact) mass is 245 g/mol. The van der Waals surface area contributed by atoms with Crippen molar-refractivity contribution in [2.24, 2.45) is 0 Å². The van der Waals surface area contributed by atoms with E-state index >= 15 is 0 Å². The first-order valence-electron chi connectivity index (χ1n) is 6.28. The van der Waals surface area contributed by atoms with Crippen LogP contribution in [0.5, 0.6) is 0 Å². The molecule has 0 bridgehead atoms. The number of hydrogen-bond acceptors (Lipinski definition) is 3. The van der Waals surface area contributed by atoms with Crippen LogP contribution in [0.4, 0.5) is 0 Å². The van der Waals surface area contributed by atoms with Crippen molar-refractivity contribution in [1.82, 2.24) is 14.8 Å². The van der Waals surface area contributed by atoms with Crippen LogP contribution in [0.3, 0.4) is 0 Å². The van der Waals surface area contributed by atoms with Gasteiger partial charge >= 0.3 is 0 Å². The highest BCUT2D eigenvalue weighted by Gasteiger charge is 2.14. The van der Waals surface area contributed by atoms with Gasteiger partial charge in [-0.3, -0.25) is 0 Å². The van der Waals surface area contributed by atoms with E-state index in [9.17, 15) is 5.11 Å². The van der Waals surface area contributed by atoms with Crippen molar-refractivity contribution >= 4 is 0 Å². The molecule has 2 aromatic rings. The highest BCUT2D eigenvalue weighted by atomic mass is 16.3. The highest BCUT2D eigenvalue weighted by Crippen LogP contribution is 2.24. The fraction of sp³-hybridized carbons (Fsp3) is 0.429. The SMILES string of the molecule is CCCn1c(CO)nnc1-c1cccc(C)c1C. The van der Waals surface area contributed by atoms with Crippen LogP contribution in [-0.2, 0) is 13.2 Å². The third-order valence-corrected chi connectivity index (χ3v) is 3.26. The first-order chi connectivity index (χ1) is 8.69. The van der Waals surface area contributed by atoms with Crippen LogP contribution in [0.2, 0.25) is 0 Å². The minimum Gasteiger partial charge on any atom is -0.388 e. The van der Waals surface area contributed by atoms with Crippen molar-refractivity contribution in [3.8, 4) is 11.4 Å². The predicted molar refractivity (Wildman–Crippen MR) is 71.1 cm³/mol. The Kier molecular flexibility index (Phi) is 3.77. The molecule has 1 N–H and O–H groups in total. The third-order valence-electron chi connectivity index (χ3n) is 3.26. The second-order valence-corrected chi connectivity index (χ2v) is 4.50. The van der Waals surface area contributed by atoms with Crippen LogP contribution < -0.4 is 0 Å². The van der Waals surface area contributed by atoms with Crippen molar-refractivity contribution in [2.45, 2.75) is 40.3 Å². The minimum absolute atomic E-state index is 0.0716. The molecular formula is C14H19N3O. The van der Waals surface area contributed by atoms with Gasteiger partial charge in [-0.1, -0.05) is 25.1 Å². The summed E-state index contributed by atoms with van der Waals surface area (Å²) in [5.74, 6) is 1.48. The molecule has 0 aliphatic rings. The fourth-order valence-electron chi connectivity index (χ4n) is 2.10. The summed E-state index contributed by atoms with van der Waals surface area (Å²) >= 11 is 0. The Morgan fingerprint density at radius 2 is 2.00 bits per heavy atom. The molecule has 0 aliphatic heterocycles. The van der Waals surface area contributed by atoms with Crippen LogP contribution in [0, 0.1) is 13.8 Å². The van der Waals surface area contributed by atoms with Crippen molar-refractivity contribution in [3.05, 3.63) is 35.2 Å². The molecule has 18 heavy (non-hydrogen) atoms. The van der Waals surface area contributed by atoms with Crippen molar-refractivity contribution in [2.75, 3.05) is 0 Å². The van der Waals surface area contributed by atoms with Gasteiger partial charge in [-0.25, -0.2) is 0 Å². The van der Waals surface area contributed by atoms with Crippen molar-refractivity contribution < 1.29 is 5.11 Å². The maximum Gasteiger partial charge on any atom is 0.164 e. The smallest absolute Gasteiger partial charge is 0.164 e. The molecule has 4 nitrogen and oxygen atoms in total. The normalized spacial score (nSPS) is 10.9. The van der Waals surface area contributed by atoms with Crippen LogP contribution in [0.25, 0.3) is 11.4 Å². The molecule has 1 heterocycles. The highest BCUT2D eigenvalue weighted by molar-refractivity contribution is 5.62. The van der Waals surface area contributed by atoms with Crippen molar-refractivity contribution in [1.29, 1.82) is 0 Å². The second-order valence-electron chi connectivity index (χ2n) is 4.50. The van der Waals surface area contributed by atoms with Gasteiger partial charge in [0.05, 0.1) is 0 Å². The lowest BCUT2D eigenvalue weighted by Gasteiger charge is -2.11. The van der Waals surface area contributed by atoms with Gasteiger partial charge < -0.3 is 9.67 Å². The number of aliphatic hydroxyl groups is 1. The van der Waals surface area contributed by atoms with E-state index in [0.29, 0.717) is 5.82 Å². The Bertz CT molecular complexity index is 546. The summed E-state index contributed by atoms with van der Waals surface area (Å²) in [5, 5.41) is 17.6. The van der Waals surface area contributed by atoms with Gasteiger partial charge in [0.1, 0.15) is 6.61 Å². The van der Waals surface area contributed by atoms with Crippen LogP contribution in [-0.4, -0.2) is 19.9 Å². The van der Waals surface area contributed by atoms with E-state index in [1.165, 1.54) is 11.1 Å². The Labute approximate surface area is 107 Å². The maximum atomic E-state index is 9.31. The maximum absolute atomic E-state index is 9.31. The van der Waals surface area contributed by atoms with E-state index in [4.69, 9.17) is 0 Å². The summed E-state index contributed by atoms with van der Waals surface area (Å²) in [4.78, 5) is 0. The number of rotatable bonds is 4. The van der Waals surface area contributed by atoms with E-state index in [0.717, 1.165) is 24.4 Å². The Morgan fingerprint density at radius 1 is 1.22 bits per heavy atom. The topological polar surface area (TPSA) is 50.9 Å². The Morgan fingerprint density at radius 3 is 2.67 bits per heavy atom. The molecule has 1 aromatic heterocycles. The third kappa shape index (κ3) is 2.16. The summed E-state index contributed by atoms with van der Waals surface area (Å²) in [7, 11) is 0.